The second-order valence-electron chi connectivity index (χ2n) is 6.23. The first-order valence-corrected chi connectivity index (χ1v) is 7.93. The molecule has 3 aliphatic rings. The fourth-order valence-corrected chi connectivity index (χ4v) is 3.94. The van der Waals surface area contributed by atoms with Crippen LogP contribution in [0.5, 0.6) is 5.75 Å². The Balaban J connectivity index is 1.62. The minimum atomic E-state index is -0.0389. The van der Waals surface area contributed by atoms with E-state index in [0.717, 1.165) is 41.2 Å². The monoisotopic (exact) mass is 322 g/mol. The van der Waals surface area contributed by atoms with E-state index in [1.807, 2.05) is 6.07 Å². The highest BCUT2D eigenvalue weighted by Gasteiger charge is 2.48. The predicted octanol–water partition coefficient (Wildman–Crippen LogP) is 2.84. The molecular weight excluding hydrogens is 304 g/mol. The van der Waals surface area contributed by atoms with E-state index in [-0.39, 0.29) is 11.6 Å². The van der Waals surface area contributed by atoms with Gasteiger partial charge in [0.25, 0.3) is 0 Å². The van der Waals surface area contributed by atoms with Gasteiger partial charge in [0.05, 0.1) is 0 Å². The van der Waals surface area contributed by atoms with Crippen LogP contribution in [0.15, 0.2) is 22.7 Å². The first-order chi connectivity index (χ1) is 9.15. The molecule has 4 rings (SSSR count). The molecule has 2 heterocycles. The number of nitrogens with two attached hydrogens (primary N) is 1. The van der Waals surface area contributed by atoms with Gasteiger partial charge in [0.1, 0.15) is 11.4 Å². The first-order valence-electron chi connectivity index (χ1n) is 7.13. The number of benzene rings is 1. The maximum absolute atomic E-state index is 6.39. The van der Waals surface area contributed by atoms with Crippen molar-refractivity contribution < 1.29 is 4.74 Å². The van der Waals surface area contributed by atoms with Crippen LogP contribution in [-0.4, -0.2) is 29.6 Å². The van der Waals surface area contributed by atoms with Crippen molar-refractivity contribution in [3.8, 4) is 5.75 Å². The highest BCUT2D eigenvalue weighted by atomic mass is 79.9. The Hall–Kier alpha value is -0.580. The summed E-state index contributed by atoms with van der Waals surface area (Å²) in [6.07, 6.45) is 4.80. The number of rotatable bonds is 1. The van der Waals surface area contributed by atoms with E-state index in [4.69, 9.17) is 10.5 Å². The summed E-state index contributed by atoms with van der Waals surface area (Å²) in [4.78, 5) is 2.59. The van der Waals surface area contributed by atoms with Crippen LogP contribution < -0.4 is 10.5 Å². The molecule has 1 saturated carbocycles. The molecule has 4 heteroatoms. The molecular formula is C15H19BrN2O. The van der Waals surface area contributed by atoms with Crippen LogP contribution in [0, 0.1) is 0 Å². The van der Waals surface area contributed by atoms with E-state index in [9.17, 15) is 0 Å². The van der Waals surface area contributed by atoms with Crippen molar-refractivity contribution >= 4 is 15.9 Å². The normalized spacial score (nSPS) is 34.3. The van der Waals surface area contributed by atoms with Crippen LogP contribution in [0.25, 0.3) is 0 Å². The number of hydrogen-bond donors (Lipinski definition) is 1. The maximum Gasteiger partial charge on any atom is 0.125 e. The average Bonchev–Trinajstić information content (AvgIpc) is 3.15. The number of hydrogen-bond acceptors (Lipinski definition) is 3. The number of halogens is 1. The van der Waals surface area contributed by atoms with Gasteiger partial charge < -0.3 is 10.5 Å². The van der Waals surface area contributed by atoms with E-state index < -0.39 is 0 Å². The minimum absolute atomic E-state index is 0.0389. The Morgan fingerprint density at radius 1 is 1.37 bits per heavy atom. The summed E-state index contributed by atoms with van der Waals surface area (Å²) in [6.45, 7) is 2.23. The minimum Gasteiger partial charge on any atom is -0.485 e. The van der Waals surface area contributed by atoms with Gasteiger partial charge >= 0.3 is 0 Å². The third kappa shape index (κ3) is 2.10. The van der Waals surface area contributed by atoms with Crippen LogP contribution in [0.3, 0.4) is 0 Å². The second-order valence-corrected chi connectivity index (χ2v) is 7.15. The van der Waals surface area contributed by atoms with Crippen molar-refractivity contribution in [3.63, 3.8) is 0 Å². The van der Waals surface area contributed by atoms with E-state index >= 15 is 0 Å². The molecule has 102 valence electrons. The SMILES string of the molecule is N[C@H]1CC2(CCN(C3CC3)C2)Oc2ccc(Br)cc21. The van der Waals surface area contributed by atoms with Gasteiger partial charge in [0, 0.05) is 48.1 Å². The molecule has 2 fully saturated rings. The lowest BCUT2D eigenvalue weighted by atomic mass is 9.87. The molecule has 0 bridgehead atoms. The summed E-state index contributed by atoms with van der Waals surface area (Å²) in [7, 11) is 0. The highest BCUT2D eigenvalue weighted by Crippen LogP contribution is 2.45. The lowest BCUT2D eigenvalue weighted by Gasteiger charge is -2.39. The number of likely N-dealkylation sites (tertiary alicyclic amines) is 1. The molecule has 0 aromatic heterocycles. The fourth-order valence-electron chi connectivity index (χ4n) is 3.56. The lowest BCUT2D eigenvalue weighted by molar-refractivity contribution is 0.0433. The van der Waals surface area contributed by atoms with Crippen LogP contribution in [0.1, 0.15) is 37.3 Å². The van der Waals surface area contributed by atoms with E-state index in [1.54, 1.807) is 0 Å². The largest absolute Gasteiger partial charge is 0.485 e. The third-order valence-electron chi connectivity index (χ3n) is 4.70. The van der Waals surface area contributed by atoms with Crippen LogP contribution in [0.2, 0.25) is 0 Å². The van der Waals surface area contributed by atoms with Gasteiger partial charge in [-0.2, -0.15) is 0 Å². The van der Waals surface area contributed by atoms with Crippen molar-refractivity contribution in [2.75, 3.05) is 13.1 Å². The molecule has 2 N–H and O–H groups in total. The molecule has 1 unspecified atom stereocenters. The molecule has 0 radical (unpaired) electrons. The van der Waals surface area contributed by atoms with Crippen molar-refractivity contribution in [1.82, 2.24) is 4.90 Å². The standard InChI is InChI=1S/C15H19BrN2O/c16-10-1-4-14-12(7-10)13(17)8-15(19-14)5-6-18(9-15)11-2-3-11/h1,4,7,11,13H,2-3,5-6,8-9,17H2/t13-,15?/m0/s1. The Kier molecular flexibility index (Phi) is 2.70. The van der Waals surface area contributed by atoms with Crippen molar-refractivity contribution in [3.05, 3.63) is 28.2 Å². The summed E-state index contributed by atoms with van der Waals surface area (Å²) in [5.41, 5.74) is 7.49. The zero-order valence-electron chi connectivity index (χ0n) is 10.9. The van der Waals surface area contributed by atoms with Gasteiger partial charge in [-0.25, -0.2) is 0 Å². The molecule has 3 nitrogen and oxygen atoms in total. The zero-order valence-corrected chi connectivity index (χ0v) is 12.5. The van der Waals surface area contributed by atoms with Crippen molar-refractivity contribution in [2.45, 2.75) is 43.4 Å². The van der Waals surface area contributed by atoms with Gasteiger partial charge in [0.2, 0.25) is 0 Å². The van der Waals surface area contributed by atoms with Crippen LogP contribution in [0.4, 0.5) is 0 Å². The van der Waals surface area contributed by atoms with Gasteiger partial charge in [-0.1, -0.05) is 15.9 Å². The van der Waals surface area contributed by atoms with Crippen LogP contribution >= 0.6 is 15.9 Å². The maximum atomic E-state index is 6.39. The fraction of sp³-hybridized carbons (Fsp3) is 0.600. The Labute approximate surface area is 122 Å². The topological polar surface area (TPSA) is 38.5 Å². The quantitative estimate of drug-likeness (QED) is 0.864. The van der Waals surface area contributed by atoms with E-state index in [0.29, 0.717) is 0 Å². The van der Waals surface area contributed by atoms with E-state index in [1.165, 1.54) is 19.4 Å². The summed E-state index contributed by atoms with van der Waals surface area (Å²) in [5, 5.41) is 0. The molecule has 1 aromatic carbocycles. The molecule has 19 heavy (non-hydrogen) atoms. The average molecular weight is 323 g/mol. The molecule has 1 spiro atoms. The van der Waals surface area contributed by atoms with Crippen molar-refractivity contribution in [1.29, 1.82) is 0 Å². The zero-order chi connectivity index (χ0) is 13.0. The van der Waals surface area contributed by atoms with Crippen molar-refractivity contribution in [2.24, 2.45) is 5.73 Å². The van der Waals surface area contributed by atoms with Gasteiger partial charge in [-0.05, 0) is 31.0 Å². The molecule has 2 atom stereocenters. The van der Waals surface area contributed by atoms with Gasteiger partial charge in [-0.3, -0.25) is 4.90 Å². The molecule has 0 amide bonds. The van der Waals surface area contributed by atoms with E-state index in [2.05, 4.69) is 33.0 Å². The molecule has 2 aliphatic heterocycles. The number of fused-ring (bicyclic) bond motifs is 1. The Bertz CT molecular complexity index is 517. The van der Waals surface area contributed by atoms with Gasteiger partial charge in [0.15, 0.2) is 0 Å². The second kappa shape index (κ2) is 4.21. The Morgan fingerprint density at radius 3 is 3.00 bits per heavy atom. The molecule has 1 aromatic rings. The number of nitrogens with zero attached hydrogens (tertiary/aromatic N) is 1. The lowest BCUT2D eigenvalue weighted by Crippen LogP contribution is -2.45. The molecule has 1 saturated heterocycles. The summed E-state index contributed by atoms with van der Waals surface area (Å²) in [5.74, 6) is 0.986. The summed E-state index contributed by atoms with van der Waals surface area (Å²) in [6, 6.07) is 7.12. The highest BCUT2D eigenvalue weighted by molar-refractivity contribution is 9.10. The summed E-state index contributed by atoms with van der Waals surface area (Å²) >= 11 is 3.51. The first kappa shape index (κ1) is 12.2. The third-order valence-corrected chi connectivity index (χ3v) is 5.19. The number of ether oxygens (including phenoxy) is 1. The van der Waals surface area contributed by atoms with Gasteiger partial charge in [-0.15, -0.1) is 0 Å². The molecule has 1 aliphatic carbocycles. The predicted molar refractivity (Wildman–Crippen MR) is 78.3 cm³/mol. The summed E-state index contributed by atoms with van der Waals surface area (Å²) < 4.78 is 7.45. The Morgan fingerprint density at radius 2 is 2.21 bits per heavy atom. The van der Waals surface area contributed by atoms with Crippen LogP contribution in [-0.2, 0) is 0 Å². The smallest absolute Gasteiger partial charge is 0.125 e.